The summed E-state index contributed by atoms with van der Waals surface area (Å²) in [6.07, 6.45) is 0.577. The molecule has 0 aromatic heterocycles. The molecule has 0 amide bonds. The first kappa shape index (κ1) is 21.7. The summed E-state index contributed by atoms with van der Waals surface area (Å²) in [5.41, 5.74) is 0. The molecule has 1 saturated carbocycles. The van der Waals surface area contributed by atoms with Crippen LogP contribution in [0.4, 0.5) is 0 Å². The van der Waals surface area contributed by atoms with Gasteiger partial charge in [-0.05, 0) is 37.0 Å². The number of hydrogen-bond donors (Lipinski definition) is 1. The van der Waals surface area contributed by atoms with Crippen LogP contribution in [0.3, 0.4) is 0 Å². The smallest absolute Gasteiger partial charge is 0.324 e. The van der Waals surface area contributed by atoms with Gasteiger partial charge >= 0.3 is 6.72 Å². The van der Waals surface area contributed by atoms with Crippen molar-refractivity contribution >= 4 is 18.5 Å². The van der Waals surface area contributed by atoms with Crippen LogP contribution in [0, 0.1) is 23.7 Å². The molecule has 9 unspecified atom stereocenters. The van der Waals surface area contributed by atoms with Crippen molar-refractivity contribution in [2.75, 3.05) is 27.4 Å². The third-order valence-electron chi connectivity index (χ3n) is 5.88. The van der Waals surface area contributed by atoms with E-state index in [-0.39, 0.29) is 36.3 Å². The van der Waals surface area contributed by atoms with Gasteiger partial charge in [0.25, 0.3) is 0 Å². The number of hydrogen-bond acceptors (Lipinski definition) is 6. The molecule has 6 nitrogen and oxygen atoms in total. The van der Waals surface area contributed by atoms with Gasteiger partial charge < -0.3 is 28.2 Å². The summed E-state index contributed by atoms with van der Waals surface area (Å²) in [4.78, 5) is 10.6. The van der Waals surface area contributed by atoms with Crippen LogP contribution in [0.25, 0.3) is 0 Å². The van der Waals surface area contributed by atoms with Crippen LogP contribution in [-0.4, -0.2) is 56.7 Å². The zero-order valence-corrected chi connectivity index (χ0v) is 17.8. The van der Waals surface area contributed by atoms with E-state index in [0.29, 0.717) is 25.0 Å². The second-order valence-electron chi connectivity index (χ2n) is 7.56. The van der Waals surface area contributed by atoms with Gasteiger partial charge in [-0.1, -0.05) is 20.8 Å². The molecular formula is C17H33O6PS. The first-order chi connectivity index (χ1) is 11.7. The van der Waals surface area contributed by atoms with Gasteiger partial charge in [-0.3, -0.25) is 0 Å². The van der Waals surface area contributed by atoms with E-state index in [2.05, 4.69) is 13.8 Å². The number of rotatable bonds is 8. The van der Waals surface area contributed by atoms with E-state index in [1.54, 1.807) is 14.2 Å². The summed E-state index contributed by atoms with van der Waals surface area (Å²) in [6, 6.07) is 0. The molecule has 0 aromatic carbocycles. The maximum atomic E-state index is 10.6. The Hall–Kier alpha value is 0.410. The van der Waals surface area contributed by atoms with E-state index in [0.717, 1.165) is 6.42 Å². The van der Waals surface area contributed by atoms with Crippen LogP contribution in [0.1, 0.15) is 34.1 Å². The van der Waals surface area contributed by atoms with Crippen molar-refractivity contribution in [2.45, 2.75) is 58.5 Å². The predicted molar refractivity (Wildman–Crippen MR) is 99.9 cm³/mol. The lowest BCUT2D eigenvalue weighted by molar-refractivity contribution is -0.0283. The molecule has 0 spiro atoms. The van der Waals surface area contributed by atoms with Crippen LogP contribution in [0.15, 0.2) is 0 Å². The van der Waals surface area contributed by atoms with E-state index in [1.807, 2.05) is 13.8 Å². The van der Waals surface area contributed by atoms with E-state index < -0.39 is 6.72 Å². The molecule has 0 aromatic rings. The molecule has 1 aliphatic carbocycles. The van der Waals surface area contributed by atoms with E-state index in [1.165, 1.54) is 0 Å². The maximum Gasteiger partial charge on any atom is 0.324 e. The van der Waals surface area contributed by atoms with E-state index >= 15 is 0 Å². The number of ether oxygens (including phenoxy) is 3. The van der Waals surface area contributed by atoms with Gasteiger partial charge in [0.2, 0.25) is 0 Å². The van der Waals surface area contributed by atoms with Gasteiger partial charge in [-0.25, -0.2) is 0 Å². The molecule has 1 heterocycles. The molecule has 0 bridgehead atoms. The fraction of sp³-hybridized carbons (Fsp3) is 1.00. The second kappa shape index (κ2) is 9.07. The van der Waals surface area contributed by atoms with Crippen LogP contribution in [0.2, 0.25) is 0 Å². The van der Waals surface area contributed by atoms with Crippen LogP contribution < -0.4 is 0 Å². The molecule has 2 aliphatic rings. The van der Waals surface area contributed by atoms with Gasteiger partial charge in [0.1, 0.15) is 12.2 Å². The molecule has 25 heavy (non-hydrogen) atoms. The van der Waals surface area contributed by atoms with Gasteiger partial charge in [-0.15, -0.1) is 0 Å². The highest BCUT2D eigenvalue weighted by molar-refractivity contribution is 8.07. The normalized spacial score (nSPS) is 44.1. The van der Waals surface area contributed by atoms with Crippen LogP contribution >= 0.6 is 6.72 Å². The largest absolute Gasteiger partial charge is 0.382 e. The second-order valence-corrected chi connectivity index (χ2v) is 10.4. The zero-order valence-electron chi connectivity index (χ0n) is 16.1. The van der Waals surface area contributed by atoms with Crippen molar-refractivity contribution in [1.29, 1.82) is 0 Å². The van der Waals surface area contributed by atoms with Gasteiger partial charge in [0, 0.05) is 26.1 Å². The molecule has 9 atom stereocenters. The molecule has 0 radical (unpaired) electrons. The highest BCUT2D eigenvalue weighted by atomic mass is 32.5. The average Bonchev–Trinajstić information content (AvgIpc) is 2.97. The fourth-order valence-corrected chi connectivity index (χ4v) is 5.63. The Morgan fingerprint density at radius 2 is 1.76 bits per heavy atom. The minimum Gasteiger partial charge on any atom is -0.382 e. The Balaban J connectivity index is 1.94. The molecular weight excluding hydrogens is 363 g/mol. The molecule has 8 heteroatoms. The lowest BCUT2D eigenvalue weighted by atomic mass is 9.99. The van der Waals surface area contributed by atoms with Gasteiger partial charge in [0.15, 0.2) is 0 Å². The quantitative estimate of drug-likeness (QED) is 0.633. The lowest BCUT2D eigenvalue weighted by Crippen LogP contribution is -2.32. The SMILES string of the molecule is COCC1OC(C)C(C)C1OP(O)(=S)OCC1CC(C)C(C)C1OC. The standard InChI is InChI=1S/C17H33O6PS/c1-10-7-14(16(20-6)11(10)2)8-21-24(18,25)23-17-12(3)13(4)22-15(17)9-19-5/h10-17H,7-9H2,1-6H3,(H,18,25). The summed E-state index contributed by atoms with van der Waals surface area (Å²) < 4.78 is 28.2. The summed E-state index contributed by atoms with van der Waals surface area (Å²) >= 11 is 5.26. The molecule has 1 aliphatic heterocycles. The highest BCUT2D eigenvalue weighted by Gasteiger charge is 2.44. The zero-order chi connectivity index (χ0) is 18.8. The minimum atomic E-state index is -3.35. The average molecular weight is 396 g/mol. The summed E-state index contributed by atoms with van der Waals surface area (Å²) in [6.45, 7) is 5.83. The Labute approximate surface area is 156 Å². The topological polar surface area (TPSA) is 66.4 Å². The van der Waals surface area contributed by atoms with E-state index in [4.69, 9.17) is 35.1 Å². The van der Waals surface area contributed by atoms with Crippen molar-refractivity contribution in [3.63, 3.8) is 0 Å². The van der Waals surface area contributed by atoms with Crippen LogP contribution in [0.5, 0.6) is 0 Å². The van der Waals surface area contributed by atoms with Gasteiger partial charge in [-0.2, -0.15) is 0 Å². The predicted octanol–water partition coefficient (Wildman–Crippen LogP) is 2.98. The fourth-order valence-electron chi connectivity index (χ4n) is 4.07. The lowest BCUT2D eigenvalue weighted by Gasteiger charge is -2.27. The minimum absolute atomic E-state index is 0.0227. The van der Waals surface area contributed by atoms with Crippen molar-refractivity contribution in [3.05, 3.63) is 0 Å². The summed E-state index contributed by atoms with van der Waals surface area (Å²) in [7, 11) is 3.35. The Morgan fingerprint density at radius 1 is 1.08 bits per heavy atom. The molecule has 2 fully saturated rings. The van der Waals surface area contributed by atoms with Crippen LogP contribution in [-0.2, 0) is 35.1 Å². The first-order valence-electron chi connectivity index (χ1n) is 9.03. The molecule has 148 valence electrons. The Bertz CT molecular complexity index is 478. The Morgan fingerprint density at radius 3 is 2.36 bits per heavy atom. The summed E-state index contributed by atoms with van der Waals surface area (Å²) in [5.74, 6) is 1.35. The van der Waals surface area contributed by atoms with Crippen molar-refractivity contribution in [2.24, 2.45) is 23.7 Å². The van der Waals surface area contributed by atoms with Crippen molar-refractivity contribution in [3.8, 4) is 0 Å². The van der Waals surface area contributed by atoms with Gasteiger partial charge in [0.05, 0.1) is 25.4 Å². The molecule has 1 N–H and O–H groups in total. The molecule has 2 rings (SSSR count). The van der Waals surface area contributed by atoms with Crippen molar-refractivity contribution < 1.29 is 28.2 Å². The maximum absolute atomic E-state index is 10.6. The third kappa shape index (κ3) is 5.23. The summed E-state index contributed by atoms with van der Waals surface area (Å²) in [5, 5.41) is 0. The van der Waals surface area contributed by atoms with Crippen molar-refractivity contribution in [1.82, 2.24) is 0 Å². The monoisotopic (exact) mass is 396 g/mol. The number of methoxy groups -OCH3 is 2. The Kier molecular flexibility index (Phi) is 7.87. The third-order valence-corrected chi connectivity index (χ3v) is 7.44. The first-order valence-corrected chi connectivity index (χ1v) is 11.6. The molecule has 1 saturated heterocycles. The van der Waals surface area contributed by atoms with E-state index in [9.17, 15) is 4.89 Å². The highest BCUT2D eigenvalue weighted by Crippen LogP contribution is 2.50.